The molecule has 0 bridgehead atoms. The van der Waals surface area contributed by atoms with Crippen molar-refractivity contribution in [3.63, 3.8) is 0 Å². The first-order valence-electron chi connectivity index (χ1n) is 9.98. The van der Waals surface area contributed by atoms with Crippen LogP contribution < -0.4 is 15.4 Å². The summed E-state index contributed by atoms with van der Waals surface area (Å²) < 4.78 is 5.23. The lowest BCUT2D eigenvalue weighted by atomic mass is 9.81. The summed E-state index contributed by atoms with van der Waals surface area (Å²) in [6.45, 7) is 3.00. The third kappa shape index (κ3) is 6.06. The van der Waals surface area contributed by atoms with Crippen LogP contribution in [0.25, 0.3) is 0 Å². The van der Waals surface area contributed by atoms with Crippen molar-refractivity contribution in [3.8, 4) is 5.75 Å². The molecule has 6 heteroatoms. The second-order valence-corrected chi connectivity index (χ2v) is 8.03. The Morgan fingerprint density at radius 1 is 0.966 bits per heavy atom. The molecule has 2 amide bonds. The zero-order valence-electron chi connectivity index (χ0n) is 16.9. The van der Waals surface area contributed by atoms with Gasteiger partial charge in [-0.3, -0.25) is 10.1 Å². The Balaban J connectivity index is 1.48. The molecule has 1 aliphatic rings. The lowest BCUT2D eigenvalue weighted by Crippen LogP contribution is -2.47. The SMILES string of the molecule is CC(C)(O)C(=O)NC1CCC(c2ccc(NC(=O)Oc3ccccc3)cc2)CC1. The van der Waals surface area contributed by atoms with E-state index in [0.717, 1.165) is 25.7 Å². The topological polar surface area (TPSA) is 87.7 Å². The van der Waals surface area contributed by atoms with E-state index in [1.165, 1.54) is 19.4 Å². The van der Waals surface area contributed by atoms with Crippen molar-refractivity contribution in [2.24, 2.45) is 0 Å². The number of ether oxygens (including phenoxy) is 1. The number of hydrogen-bond donors (Lipinski definition) is 3. The van der Waals surface area contributed by atoms with Gasteiger partial charge >= 0.3 is 6.09 Å². The van der Waals surface area contributed by atoms with Crippen LogP contribution in [0.15, 0.2) is 54.6 Å². The lowest BCUT2D eigenvalue weighted by Gasteiger charge is -2.31. The van der Waals surface area contributed by atoms with Crippen LogP contribution >= 0.6 is 0 Å². The third-order valence-electron chi connectivity index (χ3n) is 5.20. The summed E-state index contributed by atoms with van der Waals surface area (Å²) in [4.78, 5) is 23.9. The quantitative estimate of drug-likeness (QED) is 0.706. The number of carbonyl (C=O) groups excluding carboxylic acids is 2. The van der Waals surface area contributed by atoms with E-state index >= 15 is 0 Å². The minimum Gasteiger partial charge on any atom is -0.410 e. The molecule has 0 spiro atoms. The van der Waals surface area contributed by atoms with Crippen LogP contribution in [0.2, 0.25) is 0 Å². The van der Waals surface area contributed by atoms with Gasteiger partial charge in [-0.1, -0.05) is 30.3 Å². The van der Waals surface area contributed by atoms with Gasteiger partial charge in [0.25, 0.3) is 5.91 Å². The van der Waals surface area contributed by atoms with Crippen LogP contribution in [-0.2, 0) is 4.79 Å². The fourth-order valence-corrected chi connectivity index (χ4v) is 3.51. The first kappa shape index (κ1) is 20.9. The number of amides is 2. The molecule has 0 saturated heterocycles. The van der Waals surface area contributed by atoms with Gasteiger partial charge in [0, 0.05) is 11.7 Å². The Kier molecular flexibility index (Phi) is 6.54. The summed E-state index contributed by atoms with van der Waals surface area (Å²) in [5, 5.41) is 15.4. The van der Waals surface area contributed by atoms with Gasteiger partial charge in [0.2, 0.25) is 0 Å². The van der Waals surface area contributed by atoms with Crippen LogP contribution in [0, 0.1) is 0 Å². The zero-order chi connectivity index (χ0) is 20.9. The molecule has 2 aromatic carbocycles. The first-order chi connectivity index (χ1) is 13.8. The average molecular weight is 396 g/mol. The highest BCUT2D eigenvalue weighted by atomic mass is 16.6. The fraction of sp³-hybridized carbons (Fsp3) is 0.391. The van der Waals surface area contributed by atoms with Gasteiger partial charge in [0.05, 0.1) is 0 Å². The molecule has 0 heterocycles. The van der Waals surface area contributed by atoms with Gasteiger partial charge in [0.15, 0.2) is 0 Å². The lowest BCUT2D eigenvalue weighted by molar-refractivity contribution is -0.137. The number of rotatable bonds is 5. The van der Waals surface area contributed by atoms with Crippen LogP contribution in [0.5, 0.6) is 5.75 Å². The summed E-state index contributed by atoms with van der Waals surface area (Å²) >= 11 is 0. The Morgan fingerprint density at radius 2 is 1.59 bits per heavy atom. The molecule has 0 aliphatic heterocycles. The number of anilines is 1. The minimum atomic E-state index is -1.35. The Morgan fingerprint density at radius 3 is 2.17 bits per heavy atom. The van der Waals surface area contributed by atoms with Crippen LogP contribution in [0.3, 0.4) is 0 Å². The predicted octanol–water partition coefficient (Wildman–Crippen LogP) is 4.21. The zero-order valence-corrected chi connectivity index (χ0v) is 16.9. The molecule has 154 valence electrons. The third-order valence-corrected chi connectivity index (χ3v) is 5.20. The van der Waals surface area contributed by atoms with Gasteiger partial charge in [-0.15, -0.1) is 0 Å². The molecule has 1 fully saturated rings. The van der Waals surface area contributed by atoms with Crippen molar-refractivity contribution >= 4 is 17.7 Å². The molecular weight excluding hydrogens is 368 g/mol. The van der Waals surface area contributed by atoms with E-state index in [2.05, 4.69) is 10.6 Å². The molecule has 3 N–H and O–H groups in total. The van der Waals surface area contributed by atoms with Gasteiger partial charge in [-0.25, -0.2) is 4.79 Å². The summed E-state index contributed by atoms with van der Waals surface area (Å²) in [6.07, 6.45) is 3.19. The maximum atomic E-state index is 12.0. The molecule has 3 rings (SSSR count). The van der Waals surface area contributed by atoms with Crippen molar-refractivity contribution in [2.75, 3.05) is 5.32 Å². The van der Waals surface area contributed by atoms with E-state index in [-0.39, 0.29) is 11.9 Å². The minimum absolute atomic E-state index is 0.110. The molecule has 1 aliphatic carbocycles. The smallest absolute Gasteiger partial charge is 0.410 e. The number of benzene rings is 2. The Hall–Kier alpha value is -2.86. The van der Waals surface area contributed by atoms with E-state index in [9.17, 15) is 14.7 Å². The molecule has 0 atom stereocenters. The summed E-state index contributed by atoms with van der Waals surface area (Å²) in [7, 11) is 0. The monoisotopic (exact) mass is 396 g/mol. The maximum Gasteiger partial charge on any atom is 0.417 e. The van der Waals surface area contributed by atoms with Gasteiger partial charge in [-0.2, -0.15) is 0 Å². The number of hydrogen-bond acceptors (Lipinski definition) is 4. The van der Waals surface area contributed by atoms with E-state index in [0.29, 0.717) is 17.4 Å². The molecule has 0 radical (unpaired) electrons. The van der Waals surface area contributed by atoms with Crippen LogP contribution in [0.1, 0.15) is 51.0 Å². The molecule has 1 saturated carbocycles. The standard InChI is InChI=1S/C23H28N2O4/c1-23(2,28)21(26)24-18-12-8-16(9-13-18)17-10-14-19(15-11-17)25-22(27)29-20-6-4-3-5-7-20/h3-7,10-11,14-16,18,28H,8-9,12-13H2,1-2H3,(H,24,26)(H,25,27). The maximum absolute atomic E-state index is 12.0. The number of nitrogens with one attached hydrogen (secondary N) is 2. The van der Waals surface area contributed by atoms with Crippen LogP contribution in [-0.4, -0.2) is 28.7 Å². The highest BCUT2D eigenvalue weighted by Crippen LogP contribution is 2.33. The van der Waals surface area contributed by atoms with Crippen molar-refractivity contribution in [1.82, 2.24) is 5.32 Å². The Bertz CT molecular complexity index is 820. The number of carbonyl (C=O) groups is 2. The van der Waals surface area contributed by atoms with Crippen molar-refractivity contribution in [3.05, 3.63) is 60.2 Å². The average Bonchev–Trinajstić information content (AvgIpc) is 2.69. The largest absolute Gasteiger partial charge is 0.417 e. The highest BCUT2D eigenvalue weighted by molar-refractivity contribution is 5.86. The molecule has 0 aromatic heterocycles. The van der Waals surface area contributed by atoms with E-state index in [1.54, 1.807) is 12.1 Å². The molecule has 0 unspecified atom stereocenters. The van der Waals surface area contributed by atoms with Crippen molar-refractivity contribution in [2.45, 2.75) is 57.1 Å². The van der Waals surface area contributed by atoms with Gasteiger partial charge in [-0.05, 0) is 75.3 Å². The predicted molar refractivity (Wildman–Crippen MR) is 112 cm³/mol. The molecule has 6 nitrogen and oxygen atoms in total. The summed E-state index contributed by atoms with van der Waals surface area (Å²) in [5.74, 6) is 0.601. The second kappa shape index (κ2) is 9.09. The van der Waals surface area contributed by atoms with Gasteiger partial charge < -0.3 is 15.2 Å². The summed E-state index contributed by atoms with van der Waals surface area (Å²) in [5.41, 5.74) is 0.557. The second-order valence-electron chi connectivity index (χ2n) is 8.03. The first-order valence-corrected chi connectivity index (χ1v) is 9.98. The number of aliphatic hydroxyl groups is 1. The van der Waals surface area contributed by atoms with Crippen molar-refractivity contribution in [1.29, 1.82) is 0 Å². The van der Waals surface area contributed by atoms with Crippen LogP contribution in [0.4, 0.5) is 10.5 Å². The highest BCUT2D eigenvalue weighted by Gasteiger charge is 2.29. The normalized spacial score (nSPS) is 19.3. The number of para-hydroxylation sites is 1. The van der Waals surface area contributed by atoms with E-state index in [4.69, 9.17) is 4.74 Å². The summed E-state index contributed by atoms with van der Waals surface area (Å²) in [6, 6.07) is 16.8. The van der Waals surface area contributed by atoms with E-state index < -0.39 is 11.7 Å². The molecule has 2 aromatic rings. The molecule has 29 heavy (non-hydrogen) atoms. The van der Waals surface area contributed by atoms with E-state index in [1.807, 2.05) is 42.5 Å². The molecular formula is C23H28N2O4. The fourth-order valence-electron chi connectivity index (χ4n) is 3.51. The van der Waals surface area contributed by atoms with Crippen molar-refractivity contribution < 1.29 is 19.4 Å². The van der Waals surface area contributed by atoms with Gasteiger partial charge in [0.1, 0.15) is 11.4 Å². The Labute approximate surface area is 171 Å².